The fourth-order valence-corrected chi connectivity index (χ4v) is 9.89. The lowest BCUT2D eigenvalue weighted by Gasteiger charge is -2.48. The Balaban J connectivity index is 1.16. The molecule has 0 spiro atoms. The number of fused-ring (bicyclic) bond motifs is 9. The van der Waals surface area contributed by atoms with Crippen molar-refractivity contribution < 1.29 is 0 Å². The van der Waals surface area contributed by atoms with Crippen LogP contribution in [-0.2, 0) is 0 Å². The summed E-state index contributed by atoms with van der Waals surface area (Å²) in [6.07, 6.45) is 27.5. The summed E-state index contributed by atoms with van der Waals surface area (Å²) in [5.74, 6) is 0.396. The molecule has 3 atom stereocenters. The van der Waals surface area contributed by atoms with Crippen molar-refractivity contribution in [1.29, 1.82) is 0 Å². The van der Waals surface area contributed by atoms with Crippen molar-refractivity contribution in [3.63, 3.8) is 0 Å². The highest BCUT2D eigenvalue weighted by Crippen LogP contribution is 2.55. The lowest BCUT2D eigenvalue weighted by molar-refractivity contribution is 0.660. The Kier molecular flexibility index (Phi) is 4.86. The molecule has 4 aliphatic heterocycles. The summed E-state index contributed by atoms with van der Waals surface area (Å²) >= 11 is 0. The molecule has 0 fully saturated rings. The smallest absolute Gasteiger partial charge is 0.247 e. The van der Waals surface area contributed by atoms with E-state index in [1.165, 1.54) is 61.4 Å². The zero-order chi connectivity index (χ0) is 29.2. The molecule has 0 radical (unpaired) electrons. The molecule has 2 nitrogen and oxygen atoms in total. The standard InChI is InChI=1S/C42H33BN2/c1-3-11-26(12-4-1)28-21-22-37-32(23-28)31-16-9-17-34-41(31)45(37)39-20-10-19-38-40(39)43(34)35-25-29(27-13-5-2-6-14-27)24-33-30-15-7-8-18-36(30)44(38)42(33)35/h1-5,7,9-13,15-17,19-21,23-25,33,37,42H,6,8,14,18,22H2. The number of hydrogen-bond acceptors (Lipinski definition) is 2. The molecule has 0 saturated carbocycles. The van der Waals surface area contributed by atoms with Gasteiger partial charge in [0.1, 0.15) is 0 Å². The lowest BCUT2D eigenvalue weighted by atomic mass is 9.31. The van der Waals surface area contributed by atoms with Gasteiger partial charge in [0.2, 0.25) is 6.71 Å². The third kappa shape index (κ3) is 3.16. The monoisotopic (exact) mass is 576 g/mol. The van der Waals surface area contributed by atoms with Crippen molar-refractivity contribution in [3.05, 3.63) is 160 Å². The van der Waals surface area contributed by atoms with Crippen LogP contribution in [-0.4, -0.2) is 18.8 Å². The van der Waals surface area contributed by atoms with E-state index in [0.717, 1.165) is 32.1 Å². The second-order valence-corrected chi connectivity index (χ2v) is 13.7. The van der Waals surface area contributed by atoms with E-state index in [1.807, 2.05) is 0 Å². The van der Waals surface area contributed by atoms with Gasteiger partial charge in [-0.25, -0.2) is 0 Å². The Labute approximate surface area is 265 Å². The van der Waals surface area contributed by atoms with E-state index >= 15 is 0 Å². The number of anilines is 3. The van der Waals surface area contributed by atoms with Crippen LogP contribution in [0.1, 0.15) is 43.2 Å². The maximum absolute atomic E-state index is 2.78. The Morgan fingerprint density at radius 1 is 0.778 bits per heavy atom. The van der Waals surface area contributed by atoms with E-state index in [-0.39, 0.29) is 6.71 Å². The second-order valence-electron chi connectivity index (χ2n) is 13.7. The van der Waals surface area contributed by atoms with Gasteiger partial charge in [0.25, 0.3) is 0 Å². The fraction of sp³-hybridized carbons (Fsp3) is 0.190. The van der Waals surface area contributed by atoms with Crippen molar-refractivity contribution in [1.82, 2.24) is 0 Å². The lowest BCUT2D eigenvalue weighted by Crippen LogP contribution is -2.62. The first-order valence-electron chi connectivity index (χ1n) is 16.9. The van der Waals surface area contributed by atoms with Crippen LogP contribution in [0.3, 0.4) is 0 Å². The van der Waals surface area contributed by atoms with Gasteiger partial charge < -0.3 is 9.80 Å². The molecule has 3 aromatic carbocycles. The highest BCUT2D eigenvalue weighted by molar-refractivity contribution is 6.95. The van der Waals surface area contributed by atoms with Crippen LogP contribution in [0.5, 0.6) is 0 Å². The predicted octanol–water partition coefficient (Wildman–Crippen LogP) is 8.10. The number of benzene rings is 3. The van der Waals surface area contributed by atoms with Gasteiger partial charge in [-0.3, -0.25) is 0 Å². The fourth-order valence-electron chi connectivity index (χ4n) is 9.89. The molecule has 4 heterocycles. The van der Waals surface area contributed by atoms with Gasteiger partial charge in [-0.05, 0) is 94.7 Å². The minimum absolute atomic E-state index is 0.266. The van der Waals surface area contributed by atoms with Gasteiger partial charge in [0.15, 0.2) is 0 Å². The summed E-state index contributed by atoms with van der Waals surface area (Å²) in [6, 6.07) is 26.0. The van der Waals surface area contributed by atoms with E-state index < -0.39 is 0 Å². The predicted molar refractivity (Wildman–Crippen MR) is 189 cm³/mol. The van der Waals surface area contributed by atoms with Gasteiger partial charge in [0.05, 0.1) is 12.1 Å². The molecule has 214 valence electrons. The van der Waals surface area contributed by atoms with Crippen LogP contribution in [0.15, 0.2) is 149 Å². The molecular formula is C42H33BN2. The highest BCUT2D eigenvalue weighted by atomic mass is 15.2. The normalized spacial score (nSPS) is 25.8. The van der Waals surface area contributed by atoms with Crippen LogP contribution >= 0.6 is 0 Å². The van der Waals surface area contributed by atoms with Crippen LogP contribution < -0.4 is 20.7 Å². The molecular weight excluding hydrogens is 543 g/mol. The Morgan fingerprint density at radius 2 is 1.64 bits per heavy atom. The summed E-state index contributed by atoms with van der Waals surface area (Å²) in [7, 11) is 0. The summed E-state index contributed by atoms with van der Waals surface area (Å²) in [4.78, 5) is 5.51. The van der Waals surface area contributed by atoms with E-state index in [0.29, 0.717) is 18.0 Å². The summed E-state index contributed by atoms with van der Waals surface area (Å²) in [5, 5.41) is 0. The Morgan fingerprint density at radius 3 is 2.53 bits per heavy atom. The van der Waals surface area contributed by atoms with Crippen molar-refractivity contribution in [2.24, 2.45) is 5.92 Å². The SMILES string of the molecule is C1=CCCC(C2=CC3C4=C(CCC=C4)N4c5cccc6c5B(C(=C2)C34)c2cccc3c2N6C2CC=C(c4ccccc4)C=C32)=C1. The number of hydrogen-bond donors (Lipinski definition) is 0. The first-order chi connectivity index (χ1) is 22.3. The molecule has 3 unspecified atom stereocenters. The molecule has 3 aromatic rings. The number of nitrogens with zero attached hydrogens (tertiary/aromatic N) is 2. The average molecular weight is 577 g/mol. The molecule has 0 N–H and O–H groups in total. The van der Waals surface area contributed by atoms with Crippen LogP contribution in [0, 0.1) is 5.92 Å². The molecule has 3 heteroatoms. The third-order valence-corrected chi connectivity index (χ3v) is 11.6. The molecule has 11 rings (SSSR count). The zero-order valence-corrected chi connectivity index (χ0v) is 25.3. The zero-order valence-electron chi connectivity index (χ0n) is 25.3. The van der Waals surface area contributed by atoms with Gasteiger partial charge in [-0.1, -0.05) is 109 Å². The number of para-hydroxylation sites is 1. The first kappa shape index (κ1) is 24.6. The summed E-state index contributed by atoms with van der Waals surface area (Å²) in [5.41, 5.74) is 20.5. The molecule has 0 bridgehead atoms. The van der Waals surface area contributed by atoms with Crippen molar-refractivity contribution in [2.75, 3.05) is 9.80 Å². The molecule has 0 saturated heterocycles. The van der Waals surface area contributed by atoms with Gasteiger partial charge in [-0.2, -0.15) is 0 Å². The number of allylic oxidation sites excluding steroid dienone is 11. The van der Waals surface area contributed by atoms with Crippen molar-refractivity contribution >= 4 is 45.8 Å². The molecule has 0 aromatic heterocycles. The van der Waals surface area contributed by atoms with E-state index in [9.17, 15) is 0 Å². The van der Waals surface area contributed by atoms with Crippen molar-refractivity contribution in [3.8, 4) is 0 Å². The van der Waals surface area contributed by atoms with Gasteiger partial charge in [-0.15, -0.1) is 0 Å². The van der Waals surface area contributed by atoms with Crippen LogP contribution in [0.4, 0.5) is 17.1 Å². The van der Waals surface area contributed by atoms with Crippen molar-refractivity contribution in [2.45, 2.75) is 44.2 Å². The molecule has 4 aliphatic carbocycles. The summed E-state index contributed by atoms with van der Waals surface area (Å²) in [6.45, 7) is 0.266. The van der Waals surface area contributed by atoms with Crippen LogP contribution in [0.25, 0.3) is 11.1 Å². The topological polar surface area (TPSA) is 6.48 Å². The molecule has 0 amide bonds. The van der Waals surface area contributed by atoms with Gasteiger partial charge >= 0.3 is 0 Å². The molecule has 8 aliphatic rings. The quantitative estimate of drug-likeness (QED) is 0.285. The highest BCUT2D eigenvalue weighted by Gasteiger charge is 2.55. The Bertz CT molecular complexity index is 2120. The average Bonchev–Trinajstić information content (AvgIpc) is 3.63. The van der Waals surface area contributed by atoms with E-state index in [1.54, 1.807) is 16.7 Å². The molecule has 45 heavy (non-hydrogen) atoms. The van der Waals surface area contributed by atoms with Gasteiger partial charge in [0, 0.05) is 34.2 Å². The largest absolute Gasteiger partial charge is 0.338 e. The van der Waals surface area contributed by atoms with Crippen LogP contribution in [0.2, 0.25) is 0 Å². The Hall–Kier alpha value is -4.76. The maximum atomic E-state index is 2.78. The first-order valence-corrected chi connectivity index (χ1v) is 16.9. The maximum Gasteiger partial charge on any atom is 0.247 e. The number of rotatable bonds is 2. The van der Waals surface area contributed by atoms with E-state index in [2.05, 4.69) is 131 Å². The minimum Gasteiger partial charge on any atom is -0.338 e. The second kappa shape index (κ2) is 8.91. The van der Waals surface area contributed by atoms with E-state index in [4.69, 9.17) is 0 Å². The minimum atomic E-state index is 0.266. The third-order valence-electron chi connectivity index (χ3n) is 11.6. The summed E-state index contributed by atoms with van der Waals surface area (Å²) < 4.78 is 0.